The van der Waals surface area contributed by atoms with Crippen molar-refractivity contribution < 1.29 is 80.2 Å². The van der Waals surface area contributed by atoms with E-state index in [0.717, 1.165) is 128 Å². The van der Waals surface area contributed by atoms with Gasteiger partial charge in [-0.3, -0.25) is 37.3 Å². The Morgan fingerprint density at radius 2 is 0.540 bits per heavy atom. The van der Waals surface area contributed by atoms with Crippen molar-refractivity contribution in [3.8, 4) is 0 Å². The lowest BCUT2D eigenvalue weighted by Gasteiger charge is -2.21. The summed E-state index contributed by atoms with van der Waals surface area (Å²) in [6.45, 7) is 4.57. The summed E-state index contributed by atoms with van der Waals surface area (Å²) in [4.78, 5) is 72.8. The molecular formula is C81H140O17P2. The number of esters is 4. The zero-order valence-corrected chi connectivity index (χ0v) is 64.6. The van der Waals surface area contributed by atoms with Gasteiger partial charge in [0, 0.05) is 25.7 Å². The number of phosphoric acid groups is 2. The highest BCUT2D eigenvalue weighted by Crippen LogP contribution is 2.45. The second-order valence-electron chi connectivity index (χ2n) is 25.9. The topological polar surface area (TPSA) is 237 Å². The Morgan fingerprint density at radius 3 is 0.860 bits per heavy atom. The van der Waals surface area contributed by atoms with E-state index in [0.29, 0.717) is 32.1 Å². The first-order valence-electron chi connectivity index (χ1n) is 39.1. The monoisotopic (exact) mass is 1450 g/mol. The van der Waals surface area contributed by atoms with Gasteiger partial charge in [0.25, 0.3) is 0 Å². The van der Waals surface area contributed by atoms with Gasteiger partial charge < -0.3 is 33.8 Å². The molecule has 0 radical (unpaired) electrons. The molecule has 0 aliphatic rings. The highest BCUT2D eigenvalue weighted by atomic mass is 31.2. The first-order chi connectivity index (χ1) is 48.7. The molecular weight excluding hydrogens is 1310 g/mol. The lowest BCUT2D eigenvalue weighted by Crippen LogP contribution is -2.30. The normalized spacial score (nSPS) is 14.5. The Balaban J connectivity index is 5.39. The lowest BCUT2D eigenvalue weighted by atomic mass is 10.0. The van der Waals surface area contributed by atoms with E-state index in [1.165, 1.54) is 109 Å². The summed E-state index contributed by atoms with van der Waals surface area (Å²) in [6, 6.07) is 0. The summed E-state index contributed by atoms with van der Waals surface area (Å²) in [5.41, 5.74) is 0. The molecule has 0 saturated carbocycles. The maximum atomic E-state index is 13.1. The van der Waals surface area contributed by atoms with Crippen molar-refractivity contribution in [1.29, 1.82) is 0 Å². The van der Waals surface area contributed by atoms with Crippen LogP contribution in [-0.4, -0.2) is 96.7 Å². The zero-order chi connectivity index (χ0) is 73.2. The van der Waals surface area contributed by atoms with E-state index in [1.54, 1.807) is 0 Å². The number of allylic oxidation sites excluding steroid dienone is 18. The molecule has 0 spiro atoms. The number of hydrogen-bond donors (Lipinski definition) is 3. The summed E-state index contributed by atoms with van der Waals surface area (Å²) < 4.78 is 68.4. The van der Waals surface area contributed by atoms with E-state index in [2.05, 4.69) is 119 Å². The van der Waals surface area contributed by atoms with E-state index in [4.69, 9.17) is 37.0 Å². The molecule has 19 heteroatoms. The number of phosphoric ester groups is 2. The quantitative estimate of drug-likeness (QED) is 0.0169. The van der Waals surface area contributed by atoms with Crippen LogP contribution >= 0.6 is 15.6 Å². The van der Waals surface area contributed by atoms with Gasteiger partial charge in [0.15, 0.2) is 12.2 Å². The number of aliphatic hydroxyl groups excluding tert-OH is 1. The molecule has 0 aromatic carbocycles. The van der Waals surface area contributed by atoms with Gasteiger partial charge in [-0.2, -0.15) is 0 Å². The molecule has 0 heterocycles. The molecule has 0 aromatic rings. The van der Waals surface area contributed by atoms with Crippen molar-refractivity contribution in [2.45, 2.75) is 341 Å². The molecule has 0 saturated heterocycles. The molecule has 5 atom stereocenters. The Bertz CT molecular complexity index is 2320. The van der Waals surface area contributed by atoms with Crippen molar-refractivity contribution in [1.82, 2.24) is 0 Å². The van der Waals surface area contributed by atoms with Gasteiger partial charge >= 0.3 is 39.5 Å². The minimum absolute atomic E-state index is 0.0312. The summed E-state index contributed by atoms with van der Waals surface area (Å²) in [7, 11) is -9.97. The number of rotatable bonds is 73. The van der Waals surface area contributed by atoms with Crippen LogP contribution in [0.1, 0.15) is 323 Å². The van der Waals surface area contributed by atoms with Crippen molar-refractivity contribution in [2.75, 3.05) is 39.6 Å². The molecule has 0 rings (SSSR count). The summed E-state index contributed by atoms with van der Waals surface area (Å²) in [6.07, 6.45) is 78.1. The third kappa shape index (κ3) is 72.1. The van der Waals surface area contributed by atoms with E-state index >= 15 is 0 Å². The zero-order valence-electron chi connectivity index (χ0n) is 62.8. The van der Waals surface area contributed by atoms with Gasteiger partial charge in [0.05, 0.1) is 26.4 Å². The standard InChI is InChI=1S/C81H140O17P2/c1-5-9-13-17-21-25-29-32-35-36-37-38-41-43-47-50-54-58-62-66-79(84)92-72-77(98-81(86)68-64-60-56-52-48-44-40-34-31-27-23-19-15-11-7-3)74-96-100(89,90)94-70-75(82)69-93-99(87,88)95-73-76(97-80(85)67-63-59-55-51-45-28-24-20-16-12-8-4)71-91-78(83)65-61-57-53-49-46-42-39-33-30-26-22-18-14-10-6-2/h9,11,13,15,21,23,25,27,32,34-35,37-38,40,43,47,54,58,75-77,82H,5-8,10,12,14,16-20,22,24,26,28-31,33,36,39,41-42,44-46,48-53,55-57,59-74H2,1-4H3,(H,87,88)(H,89,90)/b13-9-,15-11-,25-21-,27-23-,35-32-,38-37-,40-34-,47-43-,58-54-. The average molecular weight is 1450 g/mol. The molecule has 0 amide bonds. The highest BCUT2D eigenvalue weighted by molar-refractivity contribution is 7.47. The molecule has 0 aromatic heterocycles. The van der Waals surface area contributed by atoms with Crippen molar-refractivity contribution in [3.05, 3.63) is 109 Å². The molecule has 576 valence electrons. The van der Waals surface area contributed by atoms with Crippen LogP contribution < -0.4 is 0 Å². The maximum absolute atomic E-state index is 13.1. The number of carbonyl (C=O) groups excluding carboxylic acids is 4. The predicted octanol–water partition coefficient (Wildman–Crippen LogP) is 22.6. The highest BCUT2D eigenvalue weighted by Gasteiger charge is 2.30. The second kappa shape index (κ2) is 73.0. The smallest absolute Gasteiger partial charge is 0.462 e. The van der Waals surface area contributed by atoms with E-state index in [9.17, 15) is 43.2 Å². The van der Waals surface area contributed by atoms with Crippen LogP contribution in [0.15, 0.2) is 109 Å². The van der Waals surface area contributed by atoms with Crippen LogP contribution in [0.25, 0.3) is 0 Å². The largest absolute Gasteiger partial charge is 0.472 e. The Morgan fingerprint density at radius 1 is 0.290 bits per heavy atom. The molecule has 0 bridgehead atoms. The summed E-state index contributed by atoms with van der Waals surface area (Å²) in [5.74, 6) is -2.28. The minimum atomic E-state index is -4.99. The van der Waals surface area contributed by atoms with Crippen molar-refractivity contribution in [2.24, 2.45) is 0 Å². The van der Waals surface area contributed by atoms with Gasteiger partial charge in [-0.05, 0) is 96.3 Å². The van der Waals surface area contributed by atoms with Crippen LogP contribution in [0.4, 0.5) is 0 Å². The number of hydrogen-bond acceptors (Lipinski definition) is 15. The fourth-order valence-electron chi connectivity index (χ4n) is 10.4. The van der Waals surface area contributed by atoms with E-state index in [-0.39, 0.29) is 25.7 Å². The first kappa shape index (κ1) is 95.7. The van der Waals surface area contributed by atoms with Crippen LogP contribution in [0.5, 0.6) is 0 Å². The van der Waals surface area contributed by atoms with Crippen molar-refractivity contribution in [3.63, 3.8) is 0 Å². The van der Waals surface area contributed by atoms with Crippen molar-refractivity contribution >= 4 is 39.5 Å². The SMILES string of the molecule is CC/C=C\C/C=C\C/C=C\C/C=C\C/C=C\C/C=C\CCC(=O)OCC(COP(=O)(O)OCC(O)COP(=O)(O)OCC(COC(=O)CCCCCCCCCCCCCCCCC)OC(=O)CCCCCCCCCCCCC)OC(=O)CCCCCCC/C=C\C/C=C\C/C=C\CC. The Kier molecular flexibility index (Phi) is 69.9. The third-order valence-corrected chi connectivity index (χ3v) is 18.2. The van der Waals surface area contributed by atoms with Gasteiger partial charge in [-0.25, -0.2) is 9.13 Å². The number of unbranched alkanes of at least 4 members (excludes halogenated alkanes) is 29. The lowest BCUT2D eigenvalue weighted by molar-refractivity contribution is -0.161. The maximum Gasteiger partial charge on any atom is 0.472 e. The third-order valence-electron chi connectivity index (χ3n) is 16.3. The molecule has 100 heavy (non-hydrogen) atoms. The minimum Gasteiger partial charge on any atom is -0.462 e. The van der Waals surface area contributed by atoms with Gasteiger partial charge in [0.1, 0.15) is 19.3 Å². The molecule has 0 aliphatic heterocycles. The van der Waals surface area contributed by atoms with E-state index < -0.39 is 97.5 Å². The fraction of sp³-hybridized carbons (Fsp3) is 0.728. The molecule has 5 unspecified atom stereocenters. The molecule has 0 fully saturated rings. The van der Waals surface area contributed by atoms with Gasteiger partial charge in [-0.1, -0.05) is 310 Å². The van der Waals surface area contributed by atoms with Gasteiger partial charge in [0.2, 0.25) is 0 Å². The number of aliphatic hydroxyl groups is 1. The summed E-state index contributed by atoms with van der Waals surface area (Å²) in [5, 5.41) is 10.6. The average Bonchev–Trinajstić information content (AvgIpc) is 0.985. The van der Waals surface area contributed by atoms with Crippen LogP contribution in [0.3, 0.4) is 0 Å². The van der Waals surface area contributed by atoms with Gasteiger partial charge in [-0.15, -0.1) is 0 Å². The number of carbonyl (C=O) groups is 4. The second-order valence-corrected chi connectivity index (χ2v) is 28.8. The predicted molar refractivity (Wildman–Crippen MR) is 408 cm³/mol. The van der Waals surface area contributed by atoms with Crippen LogP contribution in [0.2, 0.25) is 0 Å². The summed E-state index contributed by atoms with van der Waals surface area (Å²) >= 11 is 0. The molecule has 0 aliphatic carbocycles. The van der Waals surface area contributed by atoms with Crippen LogP contribution in [0, 0.1) is 0 Å². The first-order valence-corrected chi connectivity index (χ1v) is 42.1. The fourth-order valence-corrected chi connectivity index (χ4v) is 12.0. The Labute approximate surface area is 607 Å². The Hall–Kier alpha value is -4.28. The molecule has 17 nitrogen and oxygen atoms in total. The van der Waals surface area contributed by atoms with E-state index in [1.807, 2.05) is 18.2 Å². The number of ether oxygens (including phenoxy) is 4. The molecule has 3 N–H and O–H groups in total. The van der Waals surface area contributed by atoms with Crippen LogP contribution in [-0.2, 0) is 65.4 Å².